The number of benzene rings is 2. The van der Waals surface area contributed by atoms with E-state index in [1.807, 2.05) is 50.2 Å². The van der Waals surface area contributed by atoms with E-state index in [0.29, 0.717) is 23.1 Å². The Morgan fingerprint density at radius 3 is 2.52 bits per heavy atom. The fraction of sp³-hybridized carbons (Fsp3) is 0.227. The highest BCUT2D eigenvalue weighted by Gasteiger charge is 2.16. The first-order valence-corrected chi connectivity index (χ1v) is 9.29. The molecule has 3 N–H and O–H groups in total. The van der Waals surface area contributed by atoms with Gasteiger partial charge in [0.25, 0.3) is 0 Å². The Balaban J connectivity index is 2.03. The van der Waals surface area contributed by atoms with Crippen molar-refractivity contribution < 1.29 is 9.50 Å². The van der Waals surface area contributed by atoms with E-state index >= 15 is 0 Å². The van der Waals surface area contributed by atoms with Crippen LogP contribution < -0.4 is 10.6 Å². The van der Waals surface area contributed by atoms with Crippen molar-refractivity contribution in [1.29, 1.82) is 5.26 Å². The van der Waals surface area contributed by atoms with Crippen molar-refractivity contribution in [3.05, 3.63) is 66.0 Å². The lowest BCUT2D eigenvalue weighted by atomic mass is 10.1. The lowest BCUT2D eigenvalue weighted by molar-refractivity contribution is 0.248. The third-order valence-corrected chi connectivity index (χ3v) is 4.50. The molecule has 0 aliphatic rings. The quantitative estimate of drug-likeness (QED) is 0.555. The summed E-state index contributed by atoms with van der Waals surface area (Å²) in [5.41, 5.74) is 1.77. The predicted octanol–water partition coefficient (Wildman–Crippen LogP) is 4.33. The Morgan fingerprint density at radius 1 is 1.10 bits per heavy atom. The minimum Gasteiger partial charge on any atom is -0.394 e. The fourth-order valence-electron chi connectivity index (χ4n) is 2.80. The van der Waals surface area contributed by atoms with Crippen molar-refractivity contribution in [3.63, 3.8) is 0 Å². The van der Waals surface area contributed by atoms with Gasteiger partial charge in [-0.25, -0.2) is 9.37 Å². The Bertz CT molecular complexity index is 1020. The van der Waals surface area contributed by atoms with Gasteiger partial charge in [-0.05, 0) is 18.1 Å². The molecular formula is C22H22FN5O. The van der Waals surface area contributed by atoms with E-state index in [1.54, 1.807) is 12.1 Å². The molecule has 0 spiro atoms. The highest BCUT2D eigenvalue weighted by Crippen LogP contribution is 2.26. The molecule has 148 valence electrons. The van der Waals surface area contributed by atoms with E-state index in [-0.39, 0.29) is 24.1 Å². The van der Waals surface area contributed by atoms with Gasteiger partial charge in [0.05, 0.1) is 24.0 Å². The van der Waals surface area contributed by atoms with E-state index in [9.17, 15) is 14.8 Å². The summed E-state index contributed by atoms with van der Waals surface area (Å²) >= 11 is 0. The summed E-state index contributed by atoms with van der Waals surface area (Å²) in [4.78, 5) is 9.02. The predicted molar refractivity (Wildman–Crippen MR) is 111 cm³/mol. The Morgan fingerprint density at radius 2 is 1.86 bits per heavy atom. The zero-order valence-corrected chi connectivity index (χ0v) is 16.2. The molecule has 1 atom stereocenters. The van der Waals surface area contributed by atoms with Crippen LogP contribution >= 0.6 is 0 Å². The SMILES string of the molecule is CC(C)[C@@H](CO)Nc1nc(Nc2cccc(F)c2C#N)cc(-c2ccccc2)n1. The topological polar surface area (TPSA) is 93.9 Å². The normalized spacial score (nSPS) is 11.7. The van der Waals surface area contributed by atoms with Crippen LogP contribution in [0, 0.1) is 23.1 Å². The summed E-state index contributed by atoms with van der Waals surface area (Å²) in [6.07, 6.45) is 0. The second kappa shape index (κ2) is 9.13. The third-order valence-electron chi connectivity index (χ3n) is 4.50. The number of hydrogen-bond donors (Lipinski definition) is 3. The van der Waals surface area contributed by atoms with Gasteiger partial charge in [-0.2, -0.15) is 10.2 Å². The number of hydrogen-bond acceptors (Lipinski definition) is 6. The molecule has 0 radical (unpaired) electrons. The molecule has 0 amide bonds. The number of anilines is 3. The monoisotopic (exact) mass is 391 g/mol. The average Bonchev–Trinajstić information content (AvgIpc) is 2.72. The Labute approximate surface area is 169 Å². The standard InChI is InChI=1S/C22H22FN5O/c1-14(2)20(13-29)27-22-26-19(15-7-4-3-5-8-15)11-21(28-22)25-18-10-6-9-17(23)16(18)12-24/h3-11,14,20,29H,13H2,1-2H3,(H2,25,26,27,28)/t20-/m1/s1. The van der Waals surface area contributed by atoms with Gasteiger partial charge in [-0.15, -0.1) is 0 Å². The van der Waals surface area contributed by atoms with Gasteiger partial charge in [0.15, 0.2) is 0 Å². The van der Waals surface area contributed by atoms with Crippen molar-refractivity contribution in [3.8, 4) is 17.3 Å². The third kappa shape index (κ3) is 4.86. The molecule has 1 aromatic heterocycles. The molecule has 0 saturated carbocycles. The van der Waals surface area contributed by atoms with Crippen molar-refractivity contribution in [1.82, 2.24) is 9.97 Å². The molecule has 1 heterocycles. The molecule has 3 aromatic rings. The fourth-order valence-corrected chi connectivity index (χ4v) is 2.80. The summed E-state index contributed by atoms with van der Waals surface area (Å²) in [5, 5.41) is 25.1. The smallest absolute Gasteiger partial charge is 0.225 e. The first-order chi connectivity index (χ1) is 14.0. The van der Waals surface area contributed by atoms with Crippen LogP contribution in [0.1, 0.15) is 19.4 Å². The van der Waals surface area contributed by atoms with Gasteiger partial charge in [0, 0.05) is 11.6 Å². The lowest BCUT2D eigenvalue weighted by Crippen LogP contribution is -2.30. The van der Waals surface area contributed by atoms with Gasteiger partial charge in [0.1, 0.15) is 23.3 Å². The van der Waals surface area contributed by atoms with E-state index in [0.717, 1.165) is 5.56 Å². The maximum atomic E-state index is 13.9. The van der Waals surface area contributed by atoms with Crippen LogP contribution in [0.2, 0.25) is 0 Å². The second-order valence-corrected chi connectivity index (χ2v) is 6.90. The summed E-state index contributed by atoms with van der Waals surface area (Å²) in [5.74, 6) is 0.294. The average molecular weight is 391 g/mol. The number of nitriles is 1. The first kappa shape index (κ1) is 20.2. The molecule has 7 heteroatoms. The Hall–Kier alpha value is -3.50. The largest absolute Gasteiger partial charge is 0.394 e. The number of nitrogens with one attached hydrogen (secondary N) is 2. The molecular weight excluding hydrogens is 369 g/mol. The highest BCUT2D eigenvalue weighted by molar-refractivity contribution is 5.70. The second-order valence-electron chi connectivity index (χ2n) is 6.90. The van der Waals surface area contributed by atoms with Gasteiger partial charge in [-0.1, -0.05) is 50.2 Å². The molecule has 0 saturated heterocycles. The van der Waals surface area contributed by atoms with Crippen molar-refractivity contribution in [2.24, 2.45) is 5.92 Å². The van der Waals surface area contributed by atoms with E-state index in [1.165, 1.54) is 12.1 Å². The van der Waals surface area contributed by atoms with Crippen LogP contribution in [0.3, 0.4) is 0 Å². The lowest BCUT2D eigenvalue weighted by Gasteiger charge is -2.21. The molecule has 2 aromatic carbocycles. The van der Waals surface area contributed by atoms with Crippen LogP contribution in [0.5, 0.6) is 0 Å². The van der Waals surface area contributed by atoms with E-state index in [2.05, 4.69) is 20.6 Å². The number of halogens is 1. The molecule has 29 heavy (non-hydrogen) atoms. The zero-order valence-electron chi connectivity index (χ0n) is 16.2. The van der Waals surface area contributed by atoms with Gasteiger partial charge < -0.3 is 15.7 Å². The maximum absolute atomic E-state index is 13.9. The zero-order chi connectivity index (χ0) is 20.8. The van der Waals surface area contributed by atoms with Crippen LogP contribution in [-0.4, -0.2) is 27.7 Å². The summed E-state index contributed by atoms with van der Waals surface area (Å²) in [6.45, 7) is 3.90. The van der Waals surface area contributed by atoms with Crippen LogP contribution in [0.15, 0.2) is 54.6 Å². The van der Waals surface area contributed by atoms with Gasteiger partial charge >= 0.3 is 0 Å². The van der Waals surface area contributed by atoms with Crippen LogP contribution in [0.25, 0.3) is 11.3 Å². The summed E-state index contributed by atoms with van der Waals surface area (Å²) in [7, 11) is 0. The van der Waals surface area contributed by atoms with Gasteiger partial charge in [-0.3, -0.25) is 0 Å². The number of nitrogens with zero attached hydrogens (tertiary/aromatic N) is 3. The number of rotatable bonds is 7. The van der Waals surface area contributed by atoms with Crippen LogP contribution in [0.4, 0.5) is 21.8 Å². The first-order valence-electron chi connectivity index (χ1n) is 9.29. The van der Waals surface area contributed by atoms with Crippen molar-refractivity contribution in [2.45, 2.75) is 19.9 Å². The minimum absolute atomic E-state index is 0.0676. The Kier molecular flexibility index (Phi) is 6.37. The summed E-state index contributed by atoms with van der Waals surface area (Å²) < 4.78 is 13.9. The van der Waals surface area contributed by atoms with Crippen LogP contribution in [-0.2, 0) is 0 Å². The van der Waals surface area contributed by atoms with Crippen molar-refractivity contribution >= 4 is 17.5 Å². The molecule has 0 unspecified atom stereocenters. The molecule has 3 rings (SSSR count). The highest BCUT2D eigenvalue weighted by atomic mass is 19.1. The van der Waals surface area contributed by atoms with Crippen molar-refractivity contribution in [2.75, 3.05) is 17.2 Å². The minimum atomic E-state index is -0.603. The molecule has 0 aliphatic heterocycles. The number of aliphatic hydroxyl groups excluding tert-OH is 1. The molecule has 0 aliphatic carbocycles. The number of aliphatic hydroxyl groups is 1. The van der Waals surface area contributed by atoms with E-state index in [4.69, 9.17) is 0 Å². The molecule has 6 nitrogen and oxygen atoms in total. The maximum Gasteiger partial charge on any atom is 0.225 e. The number of aromatic nitrogens is 2. The molecule has 0 fully saturated rings. The summed E-state index contributed by atoms with van der Waals surface area (Å²) in [6, 6.07) is 17.3. The molecule has 0 bridgehead atoms. The van der Waals surface area contributed by atoms with E-state index < -0.39 is 5.82 Å². The van der Waals surface area contributed by atoms with Gasteiger partial charge in [0.2, 0.25) is 5.95 Å².